The number of ether oxygens (including phenoxy) is 2. The number of nitrogens with two attached hydrogens (primary N) is 3. The average Bonchev–Trinajstić information content (AvgIpc) is 2.72. The molecule has 0 aromatic heterocycles. The smallest absolute Gasteiger partial charge is 0.153 e. The second-order valence-corrected chi connectivity index (χ2v) is 6.64. The van der Waals surface area contributed by atoms with E-state index in [2.05, 4.69) is 0 Å². The van der Waals surface area contributed by atoms with Gasteiger partial charge in [0.15, 0.2) is 5.75 Å². The predicted octanol–water partition coefficient (Wildman–Crippen LogP) is 3.53. The number of nitrogen functional groups attached to an aromatic ring is 3. The lowest BCUT2D eigenvalue weighted by atomic mass is 10.00. The van der Waals surface area contributed by atoms with Gasteiger partial charge in [-0.25, -0.2) is 0 Å². The van der Waals surface area contributed by atoms with Gasteiger partial charge in [0, 0.05) is 11.1 Å². The standard InChI is InChI=1S/C22H25N3O4/c1-28-22-16(15-8-10-17(27)20(24)19(15)23)9-11-18(21(22)25)29-12-2-3-13-4-6-14(26)7-5-13/h4-11,26-27H,2-3,12,23-25H2,1H3. The number of phenolic OH excluding ortho intramolecular Hbond substituents is 2. The molecule has 8 N–H and O–H groups in total. The van der Waals surface area contributed by atoms with Gasteiger partial charge in [0.1, 0.15) is 22.9 Å². The summed E-state index contributed by atoms with van der Waals surface area (Å²) in [6.07, 6.45) is 1.61. The Labute approximate surface area is 169 Å². The molecular formula is C22H25N3O4. The predicted molar refractivity (Wildman–Crippen MR) is 115 cm³/mol. The van der Waals surface area contributed by atoms with Gasteiger partial charge in [0.05, 0.1) is 25.1 Å². The number of aromatic hydroxyl groups is 2. The first-order valence-electron chi connectivity index (χ1n) is 9.16. The fraction of sp³-hybridized carbons (Fsp3) is 0.182. The molecular weight excluding hydrogens is 370 g/mol. The number of rotatable bonds is 7. The molecule has 152 valence electrons. The third-order valence-electron chi connectivity index (χ3n) is 4.72. The molecule has 0 radical (unpaired) electrons. The Kier molecular flexibility index (Phi) is 5.87. The number of hydrogen-bond donors (Lipinski definition) is 5. The molecule has 7 heteroatoms. The fourth-order valence-electron chi connectivity index (χ4n) is 3.12. The maximum absolute atomic E-state index is 9.72. The Bertz CT molecular complexity index is 1000. The molecule has 3 aromatic rings. The zero-order valence-electron chi connectivity index (χ0n) is 16.2. The van der Waals surface area contributed by atoms with Crippen molar-refractivity contribution in [2.24, 2.45) is 0 Å². The Morgan fingerprint density at radius 3 is 2.17 bits per heavy atom. The van der Waals surface area contributed by atoms with Crippen molar-refractivity contribution in [1.82, 2.24) is 0 Å². The fourth-order valence-corrected chi connectivity index (χ4v) is 3.12. The summed E-state index contributed by atoms with van der Waals surface area (Å²) >= 11 is 0. The number of methoxy groups -OCH3 is 1. The molecule has 3 rings (SSSR count). The summed E-state index contributed by atoms with van der Waals surface area (Å²) in [4.78, 5) is 0. The lowest BCUT2D eigenvalue weighted by Gasteiger charge is -2.17. The van der Waals surface area contributed by atoms with Crippen molar-refractivity contribution in [3.8, 4) is 34.1 Å². The Morgan fingerprint density at radius 2 is 1.48 bits per heavy atom. The molecule has 0 spiro atoms. The van der Waals surface area contributed by atoms with Crippen LogP contribution in [0.15, 0.2) is 48.5 Å². The Morgan fingerprint density at radius 1 is 0.793 bits per heavy atom. The quantitative estimate of drug-likeness (QED) is 0.234. The van der Waals surface area contributed by atoms with E-state index in [0.717, 1.165) is 18.4 Å². The minimum atomic E-state index is -0.0771. The zero-order chi connectivity index (χ0) is 21.0. The van der Waals surface area contributed by atoms with Crippen LogP contribution in [0.3, 0.4) is 0 Å². The molecule has 0 heterocycles. The van der Waals surface area contributed by atoms with Crippen LogP contribution in [0.5, 0.6) is 23.0 Å². The molecule has 0 saturated heterocycles. The molecule has 3 aromatic carbocycles. The molecule has 0 fully saturated rings. The Balaban J connectivity index is 1.75. The molecule has 0 aliphatic carbocycles. The van der Waals surface area contributed by atoms with Gasteiger partial charge in [-0.1, -0.05) is 12.1 Å². The summed E-state index contributed by atoms with van der Waals surface area (Å²) < 4.78 is 11.3. The van der Waals surface area contributed by atoms with Crippen LogP contribution in [0.2, 0.25) is 0 Å². The molecule has 0 amide bonds. The summed E-state index contributed by atoms with van der Waals surface area (Å²) in [6, 6.07) is 13.8. The van der Waals surface area contributed by atoms with E-state index < -0.39 is 0 Å². The van der Waals surface area contributed by atoms with Crippen molar-refractivity contribution >= 4 is 17.1 Å². The highest BCUT2D eigenvalue weighted by molar-refractivity contribution is 5.92. The minimum absolute atomic E-state index is 0.0771. The second kappa shape index (κ2) is 8.52. The molecule has 29 heavy (non-hydrogen) atoms. The maximum Gasteiger partial charge on any atom is 0.153 e. The third kappa shape index (κ3) is 4.24. The van der Waals surface area contributed by atoms with Gasteiger partial charge in [0.25, 0.3) is 0 Å². The Hall–Kier alpha value is -3.74. The van der Waals surface area contributed by atoms with E-state index in [0.29, 0.717) is 34.9 Å². The third-order valence-corrected chi connectivity index (χ3v) is 4.72. The van der Waals surface area contributed by atoms with Crippen LogP contribution < -0.4 is 26.7 Å². The first kappa shape index (κ1) is 20.0. The van der Waals surface area contributed by atoms with Gasteiger partial charge in [-0.15, -0.1) is 0 Å². The molecule has 0 aliphatic heterocycles. The monoisotopic (exact) mass is 395 g/mol. The van der Waals surface area contributed by atoms with Crippen molar-refractivity contribution in [2.75, 3.05) is 30.9 Å². The molecule has 0 saturated carbocycles. The van der Waals surface area contributed by atoms with Crippen molar-refractivity contribution in [1.29, 1.82) is 0 Å². The largest absolute Gasteiger partial charge is 0.508 e. The van der Waals surface area contributed by atoms with Crippen molar-refractivity contribution in [3.63, 3.8) is 0 Å². The first-order valence-corrected chi connectivity index (χ1v) is 9.16. The summed E-state index contributed by atoms with van der Waals surface area (Å²) in [5, 5.41) is 19.0. The number of anilines is 3. The van der Waals surface area contributed by atoms with E-state index in [-0.39, 0.29) is 22.9 Å². The van der Waals surface area contributed by atoms with Crippen LogP contribution >= 0.6 is 0 Å². The average molecular weight is 395 g/mol. The summed E-state index contributed by atoms with van der Waals surface area (Å²) in [7, 11) is 1.52. The number of hydrogen-bond acceptors (Lipinski definition) is 7. The highest BCUT2D eigenvalue weighted by atomic mass is 16.5. The van der Waals surface area contributed by atoms with Crippen LogP contribution in [0.25, 0.3) is 11.1 Å². The summed E-state index contributed by atoms with van der Waals surface area (Å²) in [6.45, 7) is 0.474. The van der Waals surface area contributed by atoms with Gasteiger partial charge >= 0.3 is 0 Å². The minimum Gasteiger partial charge on any atom is -0.508 e. The van der Waals surface area contributed by atoms with E-state index in [9.17, 15) is 10.2 Å². The molecule has 7 nitrogen and oxygen atoms in total. The van der Waals surface area contributed by atoms with Crippen molar-refractivity contribution in [2.45, 2.75) is 12.8 Å². The van der Waals surface area contributed by atoms with Crippen molar-refractivity contribution in [3.05, 3.63) is 54.1 Å². The van der Waals surface area contributed by atoms with E-state index in [1.54, 1.807) is 30.3 Å². The lowest BCUT2D eigenvalue weighted by Crippen LogP contribution is -2.05. The zero-order valence-corrected chi connectivity index (χ0v) is 16.2. The topological polar surface area (TPSA) is 137 Å². The van der Waals surface area contributed by atoms with Gasteiger partial charge < -0.3 is 36.9 Å². The molecule has 0 unspecified atom stereocenters. The molecule has 0 atom stereocenters. The summed E-state index contributed by atoms with van der Waals surface area (Å²) in [5.41, 5.74) is 21.3. The van der Waals surface area contributed by atoms with Crippen molar-refractivity contribution < 1.29 is 19.7 Å². The first-order chi connectivity index (χ1) is 13.9. The number of aryl methyl sites for hydroxylation is 1. The highest BCUT2D eigenvalue weighted by Gasteiger charge is 2.18. The number of phenols is 2. The van der Waals surface area contributed by atoms with Crippen LogP contribution in [-0.2, 0) is 6.42 Å². The van der Waals surface area contributed by atoms with E-state index >= 15 is 0 Å². The van der Waals surface area contributed by atoms with E-state index in [4.69, 9.17) is 26.7 Å². The lowest BCUT2D eigenvalue weighted by molar-refractivity contribution is 0.310. The molecule has 0 aliphatic rings. The van der Waals surface area contributed by atoms with Gasteiger partial charge in [-0.3, -0.25) is 0 Å². The van der Waals surface area contributed by atoms with Gasteiger partial charge in [-0.05, 0) is 54.8 Å². The van der Waals surface area contributed by atoms with E-state index in [1.165, 1.54) is 13.2 Å². The van der Waals surface area contributed by atoms with E-state index in [1.807, 2.05) is 12.1 Å². The van der Waals surface area contributed by atoms with Crippen LogP contribution in [0.4, 0.5) is 17.1 Å². The highest BCUT2D eigenvalue weighted by Crippen LogP contribution is 2.44. The van der Waals surface area contributed by atoms with Gasteiger partial charge in [-0.2, -0.15) is 0 Å². The summed E-state index contributed by atoms with van der Waals surface area (Å²) in [5.74, 6) is 1.12. The van der Waals surface area contributed by atoms with Gasteiger partial charge in [0.2, 0.25) is 0 Å². The second-order valence-electron chi connectivity index (χ2n) is 6.64. The van der Waals surface area contributed by atoms with Crippen LogP contribution in [-0.4, -0.2) is 23.9 Å². The molecule has 0 bridgehead atoms. The number of benzene rings is 3. The SMILES string of the molecule is COc1c(-c2ccc(O)c(N)c2N)ccc(OCCCc2ccc(O)cc2)c1N. The van der Waals surface area contributed by atoms with Crippen LogP contribution in [0.1, 0.15) is 12.0 Å². The van der Waals surface area contributed by atoms with Crippen LogP contribution in [0, 0.1) is 0 Å². The maximum atomic E-state index is 9.72. The normalized spacial score (nSPS) is 10.7.